The fourth-order valence-electron chi connectivity index (χ4n) is 2.31. The van der Waals surface area contributed by atoms with Gasteiger partial charge in [0.25, 0.3) is 6.01 Å². The summed E-state index contributed by atoms with van der Waals surface area (Å²) < 4.78 is 45.8. The van der Waals surface area contributed by atoms with Gasteiger partial charge in [-0.3, -0.25) is 0 Å². The number of rotatable bonds is 3. The number of hydrogen-bond acceptors (Lipinski definition) is 5. The first-order valence-electron chi connectivity index (χ1n) is 6.63. The number of hydrogen-bond donors (Lipinski definition) is 2. The van der Waals surface area contributed by atoms with Crippen molar-refractivity contribution in [1.29, 1.82) is 0 Å². The molecule has 0 bridgehead atoms. The van der Waals surface area contributed by atoms with Gasteiger partial charge in [0.15, 0.2) is 5.58 Å². The molecule has 1 aromatic carbocycles. The fourth-order valence-corrected chi connectivity index (χ4v) is 2.31. The van der Waals surface area contributed by atoms with Gasteiger partial charge in [-0.1, -0.05) is 0 Å². The number of anilines is 1. The Balaban J connectivity index is 0.00000132. The molecule has 0 amide bonds. The first kappa shape index (κ1) is 20.0. The number of alkyl halides is 3. The third-order valence-electron chi connectivity index (χ3n) is 3.26. The van der Waals surface area contributed by atoms with Gasteiger partial charge in [-0.05, 0) is 38.1 Å². The minimum absolute atomic E-state index is 0. The highest BCUT2D eigenvalue weighted by Gasteiger charge is 2.31. The maximum absolute atomic E-state index is 12.2. The van der Waals surface area contributed by atoms with E-state index >= 15 is 0 Å². The molecule has 0 atom stereocenters. The van der Waals surface area contributed by atoms with Crippen LogP contribution in [0.3, 0.4) is 0 Å². The summed E-state index contributed by atoms with van der Waals surface area (Å²) >= 11 is 0. The molecule has 0 radical (unpaired) electrons. The zero-order valence-electron chi connectivity index (χ0n) is 11.9. The van der Waals surface area contributed by atoms with Crippen molar-refractivity contribution in [2.24, 2.45) is 0 Å². The molecule has 2 N–H and O–H groups in total. The van der Waals surface area contributed by atoms with Crippen molar-refractivity contribution in [1.82, 2.24) is 10.3 Å². The molecule has 1 aromatic heterocycles. The minimum Gasteiger partial charge on any atom is -0.424 e. The number of ether oxygens (including phenoxy) is 1. The lowest BCUT2D eigenvalue weighted by Crippen LogP contribution is -2.35. The highest BCUT2D eigenvalue weighted by molar-refractivity contribution is 8.93. The van der Waals surface area contributed by atoms with E-state index in [4.69, 9.17) is 4.42 Å². The number of aromatic nitrogens is 1. The lowest BCUT2D eigenvalue weighted by molar-refractivity contribution is -0.274. The second-order valence-corrected chi connectivity index (χ2v) is 4.86. The van der Waals surface area contributed by atoms with Crippen LogP contribution in [0.5, 0.6) is 5.75 Å². The molecule has 1 aliphatic heterocycles. The first-order chi connectivity index (χ1) is 9.99. The van der Waals surface area contributed by atoms with E-state index in [1.54, 1.807) is 0 Å². The quantitative estimate of drug-likeness (QED) is 0.720. The second-order valence-electron chi connectivity index (χ2n) is 4.86. The van der Waals surface area contributed by atoms with Crippen LogP contribution in [0.25, 0.3) is 11.1 Å². The van der Waals surface area contributed by atoms with Crippen LogP contribution < -0.4 is 15.4 Å². The Morgan fingerprint density at radius 2 is 1.91 bits per heavy atom. The highest BCUT2D eigenvalue weighted by Crippen LogP contribution is 2.28. The first-order valence-corrected chi connectivity index (χ1v) is 6.63. The number of nitrogens with zero attached hydrogens (tertiary/aromatic N) is 1. The summed E-state index contributed by atoms with van der Waals surface area (Å²) in [7, 11) is 0. The Hall–Kier alpha value is -1.00. The molecule has 0 spiro atoms. The van der Waals surface area contributed by atoms with Crippen molar-refractivity contribution in [2.45, 2.75) is 25.2 Å². The standard InChI is InChI=1S/C13H14F3N3O2.2BrH/c14-13(15,16)21-9-1-2-11-10(7-9)19-12(20-11)18-8-3-5-17-6-4-8;;/h1-2,7-8,17H,3-6H2,(H,18,19);2*1H. The van der Waals surface area contributed by atoms with Gasteiger partial charge in [-0.25, -0.2) is 0 Å². The average Bonchev–Trinajstić information content (AvgIpc) is 2.79. The third kappa shape index (κ3) is 5.54. The van der Waals surface area contributed by atoms with Crippen molar-refractivity contribution in [3.05, 3.63) is 18.2 Å². The molecule has 2 aromatic rings. The lowest BCUT2D eigenvalue weighted by Gasteiger charge is -2.22. The minimum atomic E-state index is -4.71. The summed E-state index contributed by atoms with van der Waals surface area (Å²) in [5, 5.41) is 6.40. The molecule has 1 fully saturated rings. The molecule has 3 rings (SSSR count). The zero-order chi connectivity index (χ0) is 14.9. The lowest BCUT2D eigenvalue weighted by atomic mass is 10.1. The average molecular weight is 463 g/mol. The number of halogens is 5. The largest absolute Gasteiger partial charge is 0.573 e. The Bertz CT molecular complexity index is 630. The fraction of sp³-hybridized carbons (Fsp3) is 0.462. The van der Waals surface area contributed by atoms with Crippen molar-refractivity contribution in [3.8, 4) is 5.75 Å². The highest BCUT2D eigenvalue weighted by atomic mass is 79.9. The van der Waals surface area contributed by atoms with Gasteiger partial charge < -0.3 is 19.8 Å². The summed E-state index contributed by atoms with van der Waals surface area (Å²) in [6.45, 7) is 1.84. The molecule has 0 aliphatic carbocycles. The van der Waals surface area contributed by atoms with Crippen molar-refractivity contribution in [3.63, 3.8) is 0 Å². The molecule has 23 heavy (non-hydrogen) atoms. The molecule has 10 heteroatoms. The van der Waals surface area contributed by atoms with Crippen molar-refractivity contribution >= 4 is 51.1 Å². The molecule has 2 heterocycles. The Morgan fingerprint density at radius 1 is 1.22 bits per heavy atom. The van der Waals surface area contributed by atoms with Crippen LogP contribution in [0.2, 0.25) is 0 Å². The van der Waals surface area contributed by atoms with Gasteiger partial charge in [-0.15, -0.1) is 47.1 Å². The summed E-state index contributed by atoms with van der Waals surface area (Å²) in [5.41, 5.74) is 0.745. The summed E-state index contributed by atoms with van der Waals surface area (Å²) in [5.74, 6) is -0.309. The van der Waals surface area contributed by atoms with Crippen LogP contribution in [0.4, 0.5) is 19.2 Å². The molecule has 5 nitrogen and oxygen atoms in total. The van der Waals surface area contributed by atoms with E-state index in [9.17, 15) is 13.2 Å². The number of oxazole rings is 1. The van der Waals surface area contributed by atoms with Crippen molar-refractivity contribution in [2.75, 3.05) is 18.4 Å². The maximum Gasteiger partial charge on any atom is 0.573 e. The van der Waals surface area contributed by atoms with E-state index in [1.807, 2.05) is 0 Å². The van der Waals surface area contributed by atoms with Gasteiger partial charge in [0.1, 0.15) is 11.3 Å². The van der Waals surface area contributed by atoms with Gasteiger partial charge in [0.2, 0.25) is 0 Å². The predicted octanol–water partition coefficient (Wildman–Crippen LogP) is 4.05. The predicted molar refractivity (Wildman–Crippen MR) is 90.9 cm³/mol. The third-order valence-corrected chi connectivity index (χ3v) is 3.26. The van der Waals surface area contributed by atoms with E-state index < -0.39 is 6.36 Å². The van der Waals surface area contributed by atoms with E-state index in [0.29, 0.717) is 17.1 Å². The second kappa shape index (κ2) is 8.20. The van der Waals surface area contributed by atoms with Crippen LogP contribution in [-0.2, 0) is 0 Å². The van der Waals surface area contributed by atoms with E-state index in [-0.39, 0.29) is 45.8 Å². The Morgan fingerprint density at radius 3 is 2.57 bits per heavy atom. The number of benzene rings is 1. The zero-order valence-corrected chi connectivity index (χ0v) is 15.3. The normalized spacial score (nSPS) is 15.6. The van der Waals surface area contributed by atoms with Crippen LogP contribution in [0.1, 0.15) is 12.8 Å². The van der Waals surface area contributed by atoms with Crippen LogP contribution in [0.15, 0.2) is 22.6 Å². The van der Waals surface area contributed by atoms with Gasteiger partial charge >= 0.3 is 6.36 Å². The topological polar surface area (TPSA) is 59.3 Å². The van der Waals surface area contributed by atoms with Crippen LogP contribution in [-0.4, -0.2) is 30.5 Å². The molecule has 130 valence electrons. The maximum atomic E-state index is 12.2. The number of piperidine rings is 1. The SMILES string of the molecule is Br.Br.FC(F)(F)Oc1ccc2oc(NC3CCNCC3)nc2c1. The summed E-state index contributed by atoms with van der Waals surface area (Å²) in [6.07, 6.45) is -2.82. The van der Waals surface area contributed by atoms with Crippen molar-refractivity contribution < 1.29 is 22.3 Å². The smallest absolute Gasteiger partial charge is 0.424 e. The molecule has 0 saturated carbocycles. The molecule has 1 saturated heterocycles. The Labute approximate surface area is 151 Å². The van der Waals surface area contributed by atoms with E-state index in [1.165, 1.54) is 18.2 Å². The van der Waals surface area contributed by atoms with Crippen LogP contribution in [0, 0.1) is 0 Å². The van der Waals surface area contributed by atoms with Gasteiger partial charge in [0, 0.05) is 12.1 Å². The van der Waals surface area contributed by atoms with Crippen LogP contribution >= 0.6 is 34.0 Å². The molecule has 0 unspecified atom stereocenters. The van der Waals surface area contributed by atoms with E-state index in [2.05, 4.69) is 20.4 Å². The van der Waals surface area contributed by atoms with E-state index in [0.717, 1.165) is 25.9 Å². The molecular weight excluding hydrogens is 447 g/mol. The summed E-state index contributed by atoms with van der Waals surface area (Å²) in [6, 6.07) is 4.40. The summed E-state index contributed by atoms with van der Waals surface area (Å²) in [4.78, 5) is 4.15. The van der Waals surface area contributed by atoms with Gasteiger partial charge in [-0.2, -0.15) is 4.98 Å². The molecular formula is C13H16Br2F3N3O2. The monoisotopic (exact) mass is 461 g/mol. The number of fused-ring (bicyclic) bond motifs is 1. The number of nitrogens with one attached hydrogen (secondary N) is 2. The van der Waals surface area contributed by atoms with Gasteiger partial charge in [0.05, 0.1) is 0 Å². The Kier molecular flexibility index (Phi) is 7.15. The molecule has 1 aliphatic rings.